The van der Waals surface area contributed by atoms with Gasteiger partial charge in [-0.2, -0.15) is 0 Å². The van der Waals surface area contributed by atoms with Crippen molar-refractivity contribution in [1.82, 2.24) is 0 Å². The number of rotatable bonds is 6. The molecule has 2 aliphatic carbocycles. The van der Waals surface area contributed by atoms with Gasteiger partial charge in [0.25, 0.3) is 0 Å². The van der Waals surface area contributed by atoms with Crippen molar-refractivity contribution in [3.63, 3.8) is 0 Å². The van der Waals surface area contributed by atoms with Gasteiger partial charge in [0.05, 0.1) is 0 Å². The fourth-order valence-electron chi connectivity index (χ4n) is 4.56. The Bertz CT molecular complexity index is 333. The fraction of sp³-hybridized carbons (Fsp3) is 1.00. The Hall–Kier alpha value is 0.769. The monoisotopic (exact) mass is 354 g/mol. The van der Waals surface area contributed by atoms with Crippen LogP contribution in [-0.4, -0.2) is 23.1 Å². The maximum atomic E-state index is 10.7. The van der Waals surface area contributed by atoms with Crippen molar-refractivity contribution < 1.29 is 5.11 Å². The van der Waals surface area contributed by atoms with Crippen LogP contribution in [0.5, 0.6) is 0 Å². The zero-order valence-electron chi connectivity index (χ0n) is 13.0. The number of hydrogen-bond donors (Lipinski definition) is 1. The van der Waals surface area contributed by atoms with Gasteiger partial charge < -0.3 is 0 Å². The molecule has 0 aromatic carbocycles. The Balaban J connectivity index is 2.20. The second-order valence-corrected chi connectivity index (χ2v) is 17.3. The number of hydrogen-bond acceptors (Lipinski definition) is 1. The zero-order chi connectivity index (χ0) is 14.3. The minimum atomic E-state index is -1.89. The first kappa shape index (κ1) is 16.1. The average molecular weight is 354 g/mol. The summed E-state index contributed by atoms with van der Waals surface area (Å²) in [5, 5.41) is 14.2. The van der Waals surface area contributed by atoms with Crippen LogP contribution in [0.25, 0.3) is 0 Å². The summed E-state index contributed by atoms with van der Waals surface area (Å²) in [6.07, 6.45) is 5.97. The summed E-state index contributed by atoms with van der Waals surface area (Å²) in [5.74, 6) is 0.725. The van der Waals surface area contributed by atoms with E-state index >= 15 is 0 Å². The van der Waals surface area contributed by atoms with Gasteiger partial charge >= 0.3 is 126 Å². The van der Waals surface area contributed by atoms with Gasteiger partial charge in [0.1, 0.15) is 0 Å². The van der Waals surface area contributed by atoms with E-state index in [2.05, 4.69) is 27.7 Å². The molecule has 1 N–H and O–H groups in total. The van der Waals surface area contributed by atoms with Crippen LogP contribution in [0, 0.1) is 16.7 Å². The number of aliphatic hydroxyl groups excluding tert-OH is 1. The molecule has 2 saturated carbocycles. The van der Waals surface area contributed by atoms with Gasteiger partial charge in [-0.25, -0.2) is 0 Å². The van der Waals surface area contributed by atoms with E-state index in [9.17, 15) is 5.11 Å². The molecule has 2 fully saturated rings. The standard InChI is InChI=1S/C16H31ClOSe/c1-5-7-10-19(17,6-2)12-16-9-8-13(11-14(16)18)15(16,3)4/h13-14,18H,5-12H2,1-4H3/t13-,14-,16-/m1/s1. The van der Waals surface area contributed by atoms with Crippen LogP contribution in [0.4, 0.5) is 0 Å². The molecule has 1 unspecified atom stereocenters. The third-order valence-electron chi connectivity index (χ3n) is 6.29. The first-order valence-electron chi connectivity index (χ1n) is 7.95. The van der Waals surface area contributed by atoms with Crippen molar-refractivity contribution in [2.45, 2.75) is 81.9 Å². The Morgan fingerprint density at radius 1 is 1.32 bits per heavy atom. The topological polar surface area (TPSA) is 20.2 Å². The normalized spacial score (nSPS) is 41.2. The molecule has 0 radical (unpaired) electrons. The fourth-order valence-corrected chi connectivity index (χ4v) is 12.6. The summed E-state index contributed by atoms with van der Waals surface area (Å²) in [4.78, 5) is 0. The van der Waals surface area contributed by atoms with E-state index in [1.807, 2.05) is 0 Å². The van der Waals surface area contributed by atoms with E-state index < -0.39 is 11.9 Å². The van der Waals surface area contributed by atoms with Crippen LogP contribution in [0.1, 0.15) is 59.8 Å². The van der Waals surface area contributed by atoms with Crippen LogP contribution in [-0.2, 0) is 0 Å². The summed E-state index contributed by atoms with van der Waals surface area (Å²) in [6.45, 7) is 9.32. The number of halogens is 1. The van der Waals surface area contributed by atoms with Crippen LogP contribution >= 0.6 is 10.1 Å². The first-order chi connectivity index (χ1) is 8.81. The molecule has 2 bridgehead atoms. The molecule has 0 aromatic rings. The van der Waals surface area contributed by atoms with Gasteiger partial charge in [-0.15, -0.1) is 0 Å². The van der Waals surface area contributed by atoms with Gasteiger partial charge in [-0.1, -0.05) is 0 Å². The molecule has 114 valence electrons. The minimum absolute atomic E-state index is 0.0928. The van der Waals surface area contributed by atoms with E-state index in [0.29, 0.717) is 5.41 Å². The molecule has 0 spiro atoms. The molecule has 0 aliphatic heterocycles. The number of aliphatic hydroxyl groups is 1. The van der Waals surface area contributed by atoms with Crippen molar-refractivity contribution in [3.05, 3.63) is 0 Å². The molecule has 0 aromatic heterocycles. The molecule has 0 amide bonds. The van der Waals surface area contributed by atoms with Gasteiger partial charge in [-0.3, -0.25) is 0 Å². The molecule has 2 aliphatic rings. The quantitative estimate of drug-likeness (QED) is 0.652. The molecular formula is C16H31ClOSe. The Morgan fingerprint density at radius 3 is 2.42 bits per heavy atom. The molecule has 0 saturated heterocycles. The van der Waals surface area contributed by atoms with Gasteiger partial charge in [0.15, 0.2) is 0 Å². The SMILES string of the molecule is CCCC[Se](Cl)(CC)C[C@]12CC[C@H](C[C@H]1O)C2(C)C. The van der Waals surface area contributed by atoms with Gasteiger partial charge in [0, 0.05) is 0 Å². The van der Waals surface area contributed by atoms with E-state index in [-0.39, 0.29) is 11.5 Å². The third-order valence-corrected chi connectivity index (χ3v) is 15.3. The maximum absolute atomic E-state index is 10.7. The average Bonchev–Trinajstić information content (AvgIpc) is 2.70. The van der Waals surface area contributed by atoms with Crippen molar-refractivity contribution in [1.29, 1.82) is 0 Å². The second-order valence-electron chi connectivity index (χ2n) is 7.30. The summed E-state index contributed by atoms with van der Waals surface area (Å²) >= 11 is -1.89. The Morgan fingerprint density at radius 2 is 2.00 bits per heavy atom. The van der Waals surface area contributed by atoms with E-state index in [0.717, 1.165) is 17.7 Å². The van der Waals surface area contributed by atoms with Crippen molar-refractivity contribution in [3.8, 4) is 0 Å². The van der Waals surface area contributed by atoms with Crippen molar-refractivity contribution in [2.75, 3.05) is 0 Å². The molecule has 4 atom stereocenters. The summed E-state index contributed by atoms with van der Waals surface area (Å²) in [6, 6.07) is 0. The van der Waals surface area contributed by atoms with E-state index in [4.69, 9.17) is 10.1 Å². The van der Waals surface area contributed by atoms with Gasteiger partial charge in [-0.05, 0) is 0 Å². The molecule has 0 heterocycles. The molecule has 2 rings (SSSR count). The van der Waals surface area contributed by atoms with Crippen molar-refractivity contribution in [2.24, 2.45) is 16.7 Å². The summed E-state index contributed by atoms with van der Waals surface area (Å²) < 4.78 is 0. The Labute approximate surface area is 125 Å². The first-order valence-corrected chi connectivity index (χ1v) is 13.8. The third kappa shape index (κ3) is 2.52. The van der Waals surface area contributed by atoms with Crippen LogP contribution < -0.4 is 0 Å². The van der Waals surface area contributed by atoms with Crippen molar-refractivity contribution >= 4 is 22.0 Å². The number of fused-ring (bicyclic) bond motifs is 2. The zero-order valence-corrected chi connectivity index (χ0v) is 15.5. The van der Waals surface area contributed by atoms with Crippen LogP contribution in [0.2, 0.25) is 16.0 Å². The summed E-state index contributed by atoms with van der Waals surface area (Å²) in [5.41, 5.74) is 0.439. The predicted octanol–water partition coefficient (Wildman–Crippen LogP) is 5.18. The van der Waals surface area contributed by atoms with Crippen LogP contribution in [0.3, 0.4) is 0 Å². The Kier molecular flexibility index (Phi) is 4.69. The second kappa shape index (κ2) is 5.52. The molecule has 3 heteroatoms. The van der Waals surface area contributed by atoms with Gasteiger partial charge in [0.2, 0.25) is 0 Å². The number of unbranched alkanes of at least 4 members (excludes halogenated alkanes) is 1. The molecule has 1 nitrogen and oxygen atoms in total. The van der Waals surface area contributed by atoms with E-state index in [1.165, 1.54) is 36.3 Å². The predicted molar refractivity (Wildman–Crippen MR) is 86.2 cm³/mol. The molecular weight excluding hydrogens is 323 g/mol. The van der Waals surface area contributed by atoms with E-state index in [1.54, 1.807) is 0 Å². The van der Waals surface area contributed by atoms with Crippen LogP contribution in [0.15, 0.2) is 0 Å². The molecule has 19 heavy (non-hydrogen) atoms. The summed E-state index contributed by atoms with van der Waals surface area (Å²) in [7, 11) is 7.11.